The van der Waals surface area contributed by atoms with Gasteiger partial charge in [0, 0.05) is 0 Å². The van der Waals surface area contributed by atoms with Gasteiger partial charge in [-0.25, -0.2) is 0 Å². The van der Waals surface area contributed by atoms with Crippen molar-refractivity contribution in [3.05, 3.63) is 36.5 Å². The Morgan fingerprint density at radius 3 is 1.25 bits per heavy atom. The first kappa shape index (κ1) is 17.6. The summed E-state index contributed by atoms with van der Waals surface area (Å²) in [7, 11) is 0. The van der Waals surface area contributed by atoms with Crippen molar-refractivity contribution in [2.24, 2.45) is 0 Å². The molecule has 0 aliphatic heterocycles. The molecule has 16 heavy (non-hydrogen) atoms. The molecule has 0 spiro atoms. The predicted octanol–water partition coefficient (Wildman–Crippen LogP) is 6.06. The Bertz CT molecular complexity index is 174. The van der Waals surface area contributed by atoms with Crippen LogP contribution in [0.15, 0.2) is 36.5 Å². The zero-order chi connectivity index (χ0) is 12.8. The van der Waals surface area contributed by atoms with E-state index in [1.54, 1.807) is 0 Å². The normalized spacial score (nSPS) is 20.0. The third kappa shape index (κ3) is 7.50. The van der Waals surface area contributed by atoms with Crippen LogP contribution in [-0.4, -0.2) is 0 Å². The van der Waals surface area contributed by atoms with Crippen molar-refractivity contribution in [1.29, 1.82) is 0 Å². The van der Waals surface area contributed by atoms with Crippen molar-refractivity contribution in [2.45, 2.75) is 66.2 Å². The second-order valence-corrected chi connectivity index (χ2v) is 3.37. The zero-order valence-electron chi connectivity index (χ0n) is 11.8. The Hall–Kier alpha value is -0.780. The second-order valence-electron chi connectivity index (χ2n) is 3.37. The van der Waals surface area contributed by atoms with Crippen LogP contribution in [0.2, 0.25) is 0 Å². The number of allylic oxidation sites excluding steroid dienone is 4. The zero-order valence-corrected chi connectivity index (χ0v) is 11.8. The maximum Gasteiger partial charge on any atom is -0.0276 e. The maximum absolute atomic E-state index is 3.85. The van der Waals surface area contributed by atoms with Gasteiger partial charge in [0.05, 0.1) is 0 Å². The van der Waals surface area contributed by atoms with Crippen LogP contribution >= 0.6 is 0 Å². The summed E-state index contributed by atoms with van der Waals surface area (Å²) < 4.78 is 0. The van der Waals surface area contributed by atoms with E-state index in [9.17, 15) is 0 Å². The lowest BCUT2D eigenvalue weighted by Gasteiger charge is -2.12. The van der Waals surface area contributed by atoms with Gasteiger partial charge < -0.3 is 0 Å². The van der Waals surface area contributed by atoms with E-state index in [1.807, 2.05) is 39.8 Å². The minimum atomic E-state index is 1.20. The summed E-state index contributed by atoms with van der Waals surface area (Å²) in [4.78, 5) is 0. The molecule has 0 atom stereocenters. The molecule has 0 saturated heterocycles. The van der Waals surface area contributed by atoms with Gasteiger partial charge in [0.1, 0.15) is 0 Å². The summed E-state index contributed by atoms with van der Waals surface area (Å²) in [5.74, 6) is 0. The highest BCUT2D eigenvalue weighted by Crippen LogP contribution is 2.23. The molecule has 0 aromatic rings. The van der Waals surface area contributed by atoms with Gasteiger partial charge in [-0.3, -0.25) is 0 Å². The van der Waals surface area contributed by atoms with Crippen molar-refractivity contribution in [2.75, 3.05) is 0 Å². The molecular formula is C16H30. The van der Waals surface area contributed by atoms with Crippen LogP contribution in [0.3, 0.4) is 0 Å². The molecule has 0 saturated carbocycles. The SMILES string of the molecule is C=C/C1=C(\C=C)CCCCCC1.CC.CC. The average Bonchev–Trinajstić information content (AvgIpc) is 2.34. The van der Waals surface area contributed by atoms with Crippen molar-refractivity contribution in [1.82, 2.24) is 0 Å². The Morgan fingerprint density at radius 2 is 1.00 bits per heavy atom. The molecule has 0 aromatic heterocycles. The minimum Gasteiger partial charge on any atom is -0.0988 e. The largest absolute Gasteiger partial charge is 0.0988 e. The van der Waals surface area contributed by atoms with Gasteiger partial charge in [-0.2, -0.15) is 0 Å². The number of hydrogen-bond donors (Lipinski definition) is 0. The number of rotatable bonds is 2. The Morgan fingerprint density at radius 1 is 0.688 bits per heavy atom. The lowest BCUT2D eigenvalue weighted by molar-refractivity contribution is 0.621. The van der Waals surface area contributed by atoms with Crippen LogP contribution in [0.5, 0.6) is 0 Å². The van der Waals surface area contributed by atoms with Crippen molar-refractivity contribution < 1.29 is 0 Å². The Kier molecular flexibility index (Phi) is 15.7. The lowest BCUT2D eigenvalue weighted by atomic mass is 9.93. The summed E-state index contributed by atoms with van der Waals surface area (Å²) in [6.45, 7) is 15.7. The van der Waals surface area contributed by atoms with E-state index < -0.39 is 0 Å². The van der Waals surface area contributed by atoms with Gasteiger partial charge in [-0.05, 0) is 36.8 Å². The topological polar surface area (TPSA) is 0 Å². The van der Waals surface area contributed by atoms with Crippen LogP contribution in [0.1, 0.15) is 66.2 Å². The summed E-state index contributed by atoms with van der Waals surface area (Å²) >= 11 is 0. The predicted molar refractivity (Wildman–Crippen MR) is 77.8 cm³/mol. The highest BCUT2D eigenvalue weighted by Gasteiger charge is 2.04. The summed E-state index contributed by atoms with van der Waals surface area (Å²) in [5, 5.41) is 0. The van der Waals surface area contributed by atoms with Gasteiger partial charge in [-0.1, -0.05) is 65.8 Å². The van der Waals surface area contributed by atoms with E-state index in [-0.39, 0.29) is 0 Å². The van der Waals surface area contributed by atoms with Crippen molar-refractivity contribution in [3.63, 3.8) is 0 Å². The lowest BCUT2D eigenvalue weighted by Crippen LogP contribution is -1.93. The smallest absolute Gasteiger partial charge is 0.0276 e. The van der Waals surface area contributed by atoms with E-state index in [0.717, 1.165) is 0 Å². The molecule has 0 radical (unpaired) electrons. The Balaban J connectivity index is 0. The van der Waals surface area contributed by atoms with Gasteiger partial charge in [0.2, 0.25) is 0 Å². The van der Waals surface area contributed by atoms with Crippen molar-refractivity contribution >= 4 is 0 Å². The van der Waals surface area contributed by atoms with Crippen molar-refractivity contribution in [3.8, 4) is 0 Å². The molecule has 0 N–H and O–H groups in total. The molecule has 1 aliphatic carbocycles. The summed E-state index contributed by atoms with van der Waals surface area (Å²) in [6, 6.07) is 0. The number of hydrogen-bond acceptors (Lipinski definition) is 0. The molecule has 0 fully saturated rings. The van der Waals surface area contributed by atoms with Gasteiger partial charge >= 0.3 is 0 Å². The molecule has 0 aromatic carbocycles. The van der Waals surface area contributed by atoms with E-state index >= 15 is 0 Å². The van der Waals surface area contributed by atoms with Gasteiger partial charge in [0.25, 0.3) is 0 Å². The highest BCUT2D eigenvalue weighted by atomic mass is 14.1. The average molecular weight is 222 g/mol. The minimum absolute atomic E-state index is 1.20. The molecule has 94 valence electrons. The van der Waals surface area contributed by atoms with E-state index in [1.165, 1.54) is 49.7 Å². The molecule has 0 heteroatoms. The first-order chi connectivity index (χ1) is 7.88. The molecule has 0 unspecified atom stereocenters. The summed E-state index contributed by atoms with van der Waals surface area (Å²) in [6.07, 6.45) is 11.8. The third-order valence-corrected chi connectivity index (χ3v) is 2.55. The van der Waals surface area contributed by atoms with E-state index in [0.29, 0.717) is 0 Å². The first-order valence-corrected chi connectivity index (χ1v) is 6.85. The summed E-state index contributed by atoms with van der Waals surface area (Å²) in [5.41, 5.74) is 2.84. The third-order valence-electron chi connectivity index (χ3n) is 2.55. The van der Waals surface area contributed by atoms with Gasteiger partial charge in [0.15, 0.2) is 0 Å². The fourth-order valence-corrected chi connectivity index (χ4v) is 1.77. The van der Waals surface area contributed by atoms with Crippen LogP contribution in [0, 0.1) is 0 Å². The molecule has 0 heterocycles. The molecule has 1 rings (SSSR count). The quantitative estimate of drug-likeness (QED) is 0.532. The second kappa shape index (κ2) is 14.2. The molecule has 0 amide bonds. The van der Waals surface area contributed by atoms with E-state index in [4.69, 9.17) is 0 Å². The van der Waals surface area contributed by atoms with Gasteiger partial charge in [-0.15, -0.1) is 0 Å². The molecule has 0 bridgehead atoms. The molecule has 0 nitrogen and oxygen atoms in total. The monoisotopic (exact) mass is 222 g/mol. The first-order valence-electron chi connectivity index (χ1n) is 6.85. The van der Waals surface area contributed by atoms with Crippen LogP contribution in [-0.2, 0) is 0 Å². The Labute approximate surface area is 103 Å². The fourth-order valence-electron chi connectivity index (χ4n) is 1.77. The molecular weight excluding hydrogens is 192 g/mol. The fraction of sp³-hybridized carbons (Fsp3) is 0.625. The van der Waals surface area contributed by atoms with E-state index in [2.05, 4.69) is 13.2 Å². The maximum atomic E-state index is 3.85. The highest BCUT2D eigenvalue weighted by molar-refractivity contribution is 5.31. The van der Waals surface area contributed by atoms with Crippen LogP contribution in [0.4, 0.5) is 0 Å². The molecule has 1 aliphatic rings. The standard InChI is InChI=1S/C12H18.2C2H6/c1-3-11-9-7-5-6-8-10-12(11)4-2;2*1-2/h3-4H,1-2,5-10H2;2*1-2H3/b12-11-;;. The van der Waals surface area contributed by atoms with Crippen LogP contribution < -0.4 is 0 Å². The van der Waals surface area contributed by atoms with Crippen LogP contribution in [0.25, 0.3) is 0 Å².